The van der Waals surface area contributed by atoms with Crippen LogP contribution in [0.4, 0.5) is 9.18 Å². The number of fused-ring (bicyclic) bond motifs is 4. The Labute approximate surface area is 208 Å². The van der Waals surface area contributed by atoms with Crippen LogP contribution in [0.5, 0.6) is 5.75 Å². The number of carbonyl (C=O) groups excluding carboxylic acids is 2. The van der Waals surface area contributed by atoms with Crippen LogP contribution in [0, 0.1) is 18.2 Å². The Kier molecular flexibility index (Phi) is 6.00. The minimum Gasteiger partial charge on any atom is -0.512 e. The van der Waals surface area contributed by atoms with Gasteiger partial charge in [0.15, 0.2) is 11.6 Å². The second kappa shape index (κ2) is 9.03. The van der Waals surface area contributed by atoms with E-state index < -0.39 is 17.4 Å². The van der Waals surface area contributed by atoms with Crippen LogP contribution < -0.4 is 10.1 Å². The first-order valence-corrected chi connectivity index (χ1v) is 12.1. The molecular formula is C27H29FN4O4. The van der Waals surface area contributed by atoms with Gasteiger partial charge in [0.2, 0.25) is 0 Å². The Morgan fingerprint density at radius 2 is 2.19 bits per heavy atom. The number of ether oxygens (including phenoxy) is 1. The van der Waals surface area contributed by atoms with Gasteiger partial charge in [0.05, 0.1) is 19.4 Å². The van der Waals surface area contributed by atoms with E-state index in [9.17, 15) is 19.1 Å². The zero-order valence-electron chi connectivity index (χ0n) is 20.4. The average Bonchev–Trinajstić information content (AvgIpc) is 3.28. The van der Waals surface area contributed by atoms with Crippen LogP contribution in [0.15, 0.2) is 35.6 Å². The number of aliphatic hydroxyl groups excluding tert-OH is 1. The second-order valence-corrected chi connectivity index (χ2v) is 9.63. The van der Waals surface area contributed by atoms with Crippen molar-refractivity contribution >= 4 is 22.8 Å². The number of imide groups is 1. The second-order valence-electron chi connectivity index (χ2n) is 9.63. The molecule has 1 aromatic carbocycles. The summed E-state index contributed by atoms with van der Waals surface area (Å²) >= 11 is 0. The average molecular weight is 493 g/mol. The number of aromatic nitrogens is 1. The molecule has 3 heterocycles. The molecule has 2 aromatic rings. The number of rotatable bonds is 7. The number of allylic oxidation sites excluding steroid dienone is 2. The predicted octanol–water partition coefficient (Wildman–Crippen LogP) is 3.71. The fraction of sp³-hybridized carbons (Fsp3) is 0.407. The molecule has 1 fully saturated rings. The smallest absolute Gasteiger partial charge is 0.328 e. The van der Waals surface area contributed by atoms with E-state index in [0.29, 0.717) is 43.6 Å². The Balaban J connectivity index is 1.61. The fourth-order valence-electron chi connectivity index (χ4n) is 5.64. The maximum atomic E-state index is 14.5. The van der Waals surface area contributed by atoms with E-state index in [1.54, 1.807) is 24.0 Å². The first-order valence-electron chi connectivity index (χ1n) is 12.1. The van der Waals surface area contributed by atoms with Crippen LogP contribution in [0.2, 0.25) is 0 Å². The van der Waals surface area contributed by atoms with Gasteiger partial charge >= 0.3 is 6.03 Å². The van der Waals surface area contributed by atoms with Gasteiger partial charge in [-0.25, -0.2) is 9.18 Å². The lowest BCUT2D eigenvalue weighted by Gasteiger charge is -2.43. The van der Waals surface area contributed by atoms with Crippen molar-refractivity contribution in [2.24, 2.45) is 0 Å². The number of aliphatic hydroxyl groups is 1. The molecule has 5 rings (SSSR count). The minimum atomic E-state index is -1.14. The van der Waals surface area contributed by atoms with Gasteiger partial charge in [0.1, 0.15) is 11.6 Å². The van der Waals surface area contributed by atoms with Crippen LogP contribution >= 0.6 is 0 Å². The summed E-state index contributed by atoms with van der Waals surface area (Å²) in [6.45, 7) is 3.05. The Morgan fingerprint density at radius 3 is 2.92 bits per heavy atom. The third-order valence-corrected chi connectivity index (χ3v) is 7.33. The van der Waals surface area contributed by atoms with E-state index >= 15 is 0 Å². The number of hydrogen-bond acceptors (Lipinski definition) is 5. The number of nitrogens with zero attached hydrogens (tertiary/aromatic N) is 2. The van der Waals surface area contributed by atoms with Crippen molar-refractivity contribution in [2.75, 3.05) is 26.7 Å². The van der Waals surface area contributed by atoms with Crippen molar-refractivity contribution in [3.05, 3.63) is 52.7 Å². The molecule has 36 heavy (non-hydrogen) atoms. The van der Waals surface area contributed by atoms with E-state index in [1.165, 1.54) is 18.1 Å². The number of terminal acetylenes is 1. The van der Waals surface area contributed by atoms with Crippen LogP contribution in [-0.4, -0.2) is 64.1 Å². The van der Waals surface area contributed by atoms with Gasteiger partial charge in [0.25, 0.3) is 5.91 Å². The van der Waals surface area contributed by atoms with Crippen molar-refractivity contribution in [1.82, 2.24) is 20.1 Å². The lowest BCUT2D eigenvalue weighted by Crippen LogP contribution is -2.53. The zero-order valence-corrected chi connectivity index (χ0v) is 20.4. The summed E-state index contributed by atoms with van der Waals surface area (Å²) in [4.78, 5) is 33.8. The molecule has 3 aliphatic rings. The van der Waals surface area contributed by atoms with Crippen molar-refractivity contribution < 1.29 is 23.8 Å². The molecule has 1 aliphatic carbocycles. The molecule has 0 saturated carbocycles. The lowest BCUT2D eigenvalue weighted by atomic mass is 9.80. The van der Waals surface area contributed by atoms with Crippen molar-refractivity contribution in [1.29, 1.82) is 0 Å². The molecule has 0 unspecified atom stereocenters. The Morgan fingerprint density at radius 1 is 1.39 bits per heavy atom. The molecule has 3 amide bonds. The highest BCUT2D eigenvalue weighted by molar-refractivity contribution is 6.08. The van der Waals surface area contributed by atoms with E-state index in [-0.39, 0.29) is 36.4 Å². The highest BCUT2D eigenvalue weighted by Crippen LogP contribution is 2.50. The quantitative estimate of drug-likeness (QED) is 0.311. The number of nitrogens with one attached hydrogen (secondary N) is 2. The van der Waals surface area contributed by atoms with Crippen molar-refractivity contribution in [3.63, 3.8) is 0 Å². The Bertz CT molecular complexity index is 1350. The number of H-pyrrole nitrogens is 1. The normalized spacial score (nSPS) is 23.3. The van der Waals surface area contributed by atoms with E-state index in [2.05, 4.69) is 16.2 Å². The maximum Gasteiger partial charge on any atom is 0.328 e. The largest absolute Gasteiger partial charge is 0.512 e. The summed E-state index contributed by atoms with van der Waals surface area (Å²) < 4.78 is 19.7. The number of carbonyl (C=O) groups is 2. The summed E-state index contributed by atoms with van der Waals surface area (Å²) in [6.07, 6.45) is 10.9. The number of halogens is 1. The first-order chi connectivity index (χ1) is 17.3. The highest BCUT2D eigenvalue weighted by Gasteiger charge is 2.60. The lowest BCUT2D eigenvalue weighted by molar-refractivity contribution is -0.133. The molecule has 1 aromatic heterocycles. The third-order valence-electron chi connectivity index (χ3n) is 7.33. The topological polar surface area (TPSA) is 97.9 Å². The minimum absolute atomic E-state index is 0.109. The molecule has 1 saturated heterocycles. The molecule has 188 valence electrons. The van der Waals surface area contributed by atoms with Gasteiger partial charge < -0.3 is 20.1 Å². The van der Waals surface area contributed by atoms with Gasteiger partial charge in [-0.1, -0.05) is 12.0 Å². The van der Waals surface area contributed by atoms with Gasteiger partial charge in [-0.05, 0) is 49.6 Å². The van der Waals surface area contributed by atoms with Crippen LogP contribution in [0.1, 0.15) is 43.5 Å². The standard InChI is InChI=1S/C27H29FN4O4/c1-4-9-29-10-6-11-31-25(34)27(2)15-19-18-13-22(36-3)20(28)14-21(18)30-23(19)24(32(27)26(31)35)16-7-5-8-17(33)12-16/h1,7,12-14,24,29-30,33H,5-6,8-11,15H2,2-3H3/t24-,27+/m1/s1. The summed E-state index contributed by atoms with van der Waals surface area (Å²) in [6, 6.07) is 1.99. The van der Waals surface area contributed by atoms with Gasteiger partial charge in [0, 0.05) is 42.0 Å². The van der Waals surface area contributed by atoms with Crippen molar-refractivity contribution in [2.45, 2.75) is 44.2 Å². The molecular weight excluding hydrogens is 463 g/mol. The van der Waals surface area contributed by atoms with Crippen LogP contribution in [0.3, 0.4) is 0 Å². The molecule has 3 N–H and O–H groups in total. The highest BCUT2D eigenvalue weighted by atomic mass is 19.1. The van der Waals surface area contributed by atoms with Gasteiger partial charge in [-0.3, -0.25) is 14.6 Å². The summed E-state index contributed by atoms with van der Waals surface area (Å²) in [5.74, 6) is 2.06. The molecule has 2 aliphatic heterocycles. The molecule has 0 radical (unpaired) electrons. The van der Waals surface area contributed by atoms with E-state index in [1.807, 2.05) is 6.08 Å². The number of urea groups is 1. The van der Waals surface area contributed by atoms with Gasteiger partial charge in [-0.2, -0.15) is 0 Å². The summed E-state index contributed by atoms with van der Waals surface area (Å²) in [7, 11) is 1.41. The summed E-state index contributed by atoms with van der Waals surface area (Å²) in [5.41, 5.74) is 1.70. The number of amides is 3. The number of hydrogen-bond donors (Lipinski definition) is 3. The molecule has 2 atom stereocenters. The fourth-order valence-corrected chi connectivity index (χ4v) is 5.64. The summed E-state index contributed by atoms with van der Waals surface area (Å²) in [5, 5.41) is 14.1. The SMILES string of the molecule is C#CCNCCCN1C(=O)N2[C@H](C3=CCCC(O)=C3)c3[nH]c4cc(F)c(OC)cc4c3C[C@@]2(C)C1=O. The van der Waals surface area contributed by atoms with Crippen LogP contribution in [-0.2, 0) is 11.2 Å². The first kappa shape index (κ1) is 23.9. The monoisotopic (exact) mass is 492 g/mol. The number of aromatic amines is 1. The zero-order chi connectivity index (χ0) is 25.6. The van der Waals surface area contributed by atoms with E-state index in [4.69, 9.17) is 11.2 Å². The van der Waals surface area contributed by atoms with Gasteiger partial charge in [-0.15, -0.1) is 6.42 Å². The molecule has 0 spiro atoms. The molecule has 0 bridgehead atoms. The number of benzene rings is 1. The third kappa shape index (κ3) is 3.64. The maximum absolute atomic E-state index is 14.5. The van der Waals surface area contributed by atoms with Crippen LogP contribution in [0.25, 0.3) is 10.9 Å². The molecule has 8 nitrogen and oxygen atoms in total. The Hall–Kier alpha value is -3.77. The van der Waals surface area contributed by atoms with E-state index in [0.717, 1.165) is 16.5 Å². The molecule has 9 heteroatoms. The van der Waals surface area contributed by atoms with Crippen molar-refractivity contribution in [3.8, 4) is 18.1 Å². The predicted molar refractivity (Wildman–Crippen MR) is 133 cm³/mol. The number of methoxy groups -OCH3 is 1.